The van der Waals surface area contributed by atoms with Gasteiger partial charge in [0.2, 0.25) is 0 Å². The van der Waals surface area contributed by atoms with Crippen LogP contribution < -0.4 is 0 Å². The molecule has 0 aliphatic carbocycles. The molecule has 0 fully saturated rings. The number of aromatic hydroxyl groups is 1. The van der Waals surface area contributed by atoms with E-state index < -0.39 is 9.84 Å². The average Bonchev–Trinajstić information content (AvgIpc) is 2.34. The minimum Gasteiger partial charge on any atom is -0.508 e. The maximum Gasteiger partial charge on any atom is 0.176 e. The molecule has 96 valence electrons. The van der Waals surface area contributed by atoms with E-state index in [1.165, 1.54) is 6.26 Å². The molecule has 3 rings (SSSR count). The van der Waals surface area contributed by atoms with Crippen LogP contribution in [-0.2, 0) is 9.84 Å². The van der Waals surface area contributed by atoms with Gasteiger partial charge in [-0.2, -0.15) is 0 Å². The highest BCUT2D eigenvalue weighted by Gasteiger charge is 2.12. The first-order valence-corrected chi connectivity index (χ1v) is 7.70. The van der Waals surface area contributed by atoms with Gasteiger partial charge in [0.05, 0.1) is 4.90 Å². The molecule has 3 nitrogen and oxygen atoms in total. The Morgan fingerprint density at radius 3 is 2.42 bits per heavy atom. The van der Waals surface area contributed by atoms with Crippen molar-refractivity contribution in [2.75, 3.05) is 6.26 Å². The molecule has 0 spiro atoms. The van der Waals surface area contributed by atoms with Crippen molar-refractivity contribution in [3.8, 4) is 5.75 Å². The molecule has 0 saturated carbocycles. The third-order valence-corrected chi connectivity index (χ3v) is 4.34. The highest BCUT2D eigenvalue weighted by molar-refractivity contribution is 7.91. The molecular formula is C15H12O3S. The van der Waals surface area contributed by atoms with Crippen LogP contribution in [0.1, 0.15) is 0 Å². The van der Waals surface area contributed by atoms with Gasteiger partial charge in [-0.1, -0.05) is 18.2 Å². The van der Waals surface area contributed by atoms with E-state index >= 15 is 0 Å². The van der Waals surface area contributed by atoms with E-state index in [0.717, 1.165) is 16.2 Å². The molecule has 3 aromatic carbocycles. The summed E-state index contributed by atoms with van der Waals surface area (Å²) in [7, 11) is -3.27. The first kappa shape index (κ1) is 12.0. The third kappa shape index (κ3) is 2.04. The van der Waals surface area contributed by atoms with Crippen molar-refractivity contribution in [1.82, 2.24) is 0 Å². The predicted octanol–water partition coefficient (Wildman–Crippen LogP) is 3.10. The van der Waals surface area contributed by atoms with E-state index in [1.54, 1.807) is 30.3 Å². The second kappa shape index (κ2) is 3.96. The molecule has 1 N–H and O–H groups in total. The lowest BCUT2D eigenvalue weighted by Crippen LogP contribution is -1.97. The molecule has 0 heterocycles. The molecule has 0 atom stereocenters. The normalized spacial score (nSPS) is 12.1. The first-order chi connectivity index (χ1) is 8.95. The Morgan fingerprint density at radius 2 is 1.68 bits per heavy atom. The Balaban J connectivity index is 2.49. The smallest absolute Gasteiger partial charge is 0.176 e. The number of fused-ring (bicyclic) bond motifs is 2. The quantitative estimate of drug-likeness (QED) is 0.692. The summed E-state index contributed by atoms with van der Waals surface area (Å²) in [5.41, 5.74) is 0. The zero-order chi connectivity index (χ0) is 13.6. The van der Waals surface area contributed by atoms with Crippen LogP contribution in [0.2, 0.25) is 0 Å². The van der Waals surface area contributed by atoms with Gasteiger partial charge in [0, 0.05) is 11.6 Å². The summed E-state index contributed by atoms with van der Waals surface area (Å²) >= 11 is 0. The summed E-state index contributed by atoms with van der Waals surface area (Å²) in [5, 5.41) is 12.9. The van der Waals surface area contributed by atoms with Gasteiger partial charge in [-0.3, -0.25) is 0 Å². The Kier molecular flexibility index (Phi) is 2.50. The van der Waals surface area contributed by atoms with Gasteiger partial charge in [0.15, 0.2) is 9.84 Å². The topological polar surface area (TPSA) is 54.4 Å². The molecule has 0 aliphatic heterocycles. The zero-order valence-corrected chi connectivity index (χ0v) is 11.1. The van der Waals surface area contributed by atoms with Crippen LogP contribution in [0.15, 0.2) is 53.4 Å². The highest BCUT2D eigenvalue weighted by Crippen LogP contribution is 2.29. The van der Waals surface area contributed by atoms with E-state index in [4.69, 9.17) is 0 Å². The van der Waals surface area contributed by atoms with Crippen LogP contribution in [0.3, 0.4) is 0 Å². The fourth-order valence-corrected chi connectivity index (χ4v) is 3.21. The number of benzene rings is 3. The van der Waals surface area contributed by atoms with Crippen LogP contribution in [0.4, 0.5) is 0 Å². The Morgan fingerprint density at radius 1 is 0.895 bits per heavy atom. The van der Waals surface area contributed by atoms with Crippen molar-refractivity contribution in [3.05, 3.63) is 48.5 Å². The molecule has 0 saturated heterocycles. The largest absolute Gasteiger partial charge is 0.508 e. The van der Waals surface area contributed by atoms with Gasteiger partial charge in [-0.05, 0) is 46.5 Å². The molecule has 0 radical (unpaired) electrons. The van der Waals surface area contributed by atoms with Crippen molar-refractivity contribution in [3.63, 3.8) is 0 Å². The summed E-state index contributed by atoms with van der Waals surface area (Å²) in [5.74, 6) is 0.170. The average molecular weight is 272 g/mol. The van der Waals surface area contributed by atoms with E-state index in [9.17, 15) is 13.5 Å². The predicted molar refractivity (Wildman–Crippen MR) is 76.2 cm³/mol. The summed E-state index contributed by atoms with van der Waals surface area (Å²) in [6.07, 6.45) is 1.20. The van der Waals surface area contributed by atoms with Gasteiger partial charge in [0.25, 0.3) is 0 Å². The van der Waals surface area contributed by atoms with E-state index in [2.05, 4.69) is 0 Å². The molecule has 0 aliphatic rings. The number of phenols is 1. The van der Waals surface area contributed by atoms with Crippen LogP contribution >= 0.6 is 0 Å². The van der Waals surface area contributed by atoms with Crippen LogP contribution in [0, 0.1) is 0 Å². The second-order valence-corrected chi connectivity index (χ2v) is 6.62. The van der Waals surface area contributed by atoms with Gasteiger partial charge in [-0.15, -0.1) is 0 Å². The summed E-state index contributed by atoms with van der Waals surface area (Å²) < 4.78 is 23.6. The first-order valence-electron chi connectivity index (χ1n) is 5.81. The zero-order valence-electron chi connectivity index (χ0n) is 10.3. The highest BCUT2D eigenvalue weighted by atomic mass is 32.2. The van der Waals surface area contributed by atoms with E-state index in [1.807, 2.05) is 18.2 Å². The number of rotatable bonds is 1. The van der Waals surface area contributed by atoms with Crippen molar-refractivity contribution < 1.29 is 13.5 Å². The summed E-state index contributed by atoms with van der Waals surface area (Å²) in [6.45, 7) is 0. The Hall–Kier alpha value is -2.07. The SMILES string of the molecule is CS(=O)(=O)c1cccc2cc3ccc(O)cc3cc12. The van der Waals surface area contributed by atoms with Crippen molar-refractivity contribution in [1.29, 1.82) is 0 Å². The van der Waals surface area contributed by atoms with Gasteiger partial charge >= 0.3 is 0 Å². The molecule has 19 heavy (non-hydrogen) atoms. The van der Waals surface area contributed by atoms with Crippen LogP contribution in [0.5, 0.6) is 5.75 Å². The van der Waals surface area contributed by atoms with Gasteiger partial charge in [-0.25, -0.2) is 8.42 Å². The number of phenolic OH excluding ortho intramolecular Hbond substituents is 1. The summed E-state index contributed by atoms with van der Waals surface area (Å²) in [6, 6.07) is 14.0. The fourth-order valence-electron chi connectivity index (χ4n) is 2.31. The molecule has 4 heteroatoms. The Bertz CT molecular complexity index is 896. The van der Waals surface area contributed by atoms with Crippen molar-refractivity contribution in [2.24, 2.45) is 0 Å². The minimum atomic E-state index is -3.27. The maximum atomic E-state index is 11.8. The second-order valence-electron chi connectivity index (χ2n) is 4.63. The van der Waals surface area contributed by atoms with Gasteiger partial charge in [0.1, 0.15) is 5.75 Å². The monoisotopic (exact) mass is 272 g/mol. The molecular weight excluding hydrogens is 260 g/mol. The van der Waals surface area contributed by atoms with Crippen LogP contribution in [-0.4, -0.2) is 19.8 Å². The number of sulfone groups is 1. The standard InChI is InChI=1S/C15H12O3S/c1-19(17,18)15-4-2-3-11-7-10-5-6-13(16)8-12(10)9-14(11)15/h2-9,16H,1H3. The Labute approximate surface area is 111 Å². The van der Waals surface area contributed by atoms with Gasteiger partial charge < -0.3 is 5.11 Å². The van der Waals surface area contributed by atoms with Crippen molar-refractivity contribution >= 4 is 31.4 Å². The molecule has 0 bridgehead atoms. The maximum absolute atomic E-state index is 11.8. The fraction of sp³-hybridized carbons (Fsp3) is 0.0667. The molecule has 3 aromatic rings. The van der Waals surface area contributed by atoms with E-state index in [0.29, 0.717) is 10.3 Å². The lowest BCUT2D eigenvalue weighted by atomic mass is 10.0. The molecule has 0 aromatic heterocycles. The van der Waals surface area contributed by atoms with Crippen molar-refractivity contribution in [2.45, 2.75) is 4.90 Å². The lowest BCUT2D eigenvalue weighted by molar-refractivity contribution is 0.476. The molecule has 0 amide bonds. The lowest BCUT2D eigenvalue weighted by Gasteiger charge is -2.07. The molecule has 0 unspecified atom stereocenters. The number of hydrogen-bond acceptors (Lipinski definition) is 3. The third-order valence-electron chi connectivity index (χ3n) is 3.18. The van der Waals surface area contributed by atoms with E-state index in [-0.39, 0.29) is 5.75 Å². The van der Waals surface area contributed by atoms with Crippen LogP contribution in [0.25, 0.3) is 21.5 Å². The number of hydrogen-bond donors (Lipinski definition) is 1. The summed E-state index contributed by atoms with van der Waals surface area (Å²) in [4.78, 5) is 0.315. The minimum absolute atomic E-state index is 0.170.